The fourth-order valence-electron chi connectivity index (χ4n) is 4.93. The van der Waals surface area contributed by atoms with E-state index in [-0.39, 0.29) is 11.0 Å². The molecule has 0 saturated heterocycles. The van der Waals surface area contributed by atoms with Crippen molar-refractivity contribution in [2.75, 3.05) is 30.8 Å². The molecular weight excluding hydrogens is 486 g/mol. The third-order valence-corrected chi connectivity index (χ3v) is 7.29. The first-order chi connectivity index (χ1) is 18.5. The zero-order valence-electron chi connectivity index (χ0n) is 24.6. The van der Waals surface area contributed by atoms with Crippen LogP contribution >= 0.6 is 0 Å². The number of anilines is 2. The average Bonchev–Trinajstić information content (AvgIpc) is 3.27. The molecule has 0 spiro atoms. The van der Waals surface area contributed by atoms with Crippen LogP contribution < -0.4 is 26.1 Å². The van der Waals surface area contributed by atoms with E-state index in [0.29, 0.717) is 33.9 Å². The molecule has 0 saturated carbocycles. The minimum Gasteiger partial charge on any atom is -0.497 e. The molecule has 0 aliphatic carbocycles. The Morgan fingerprint density at radius 1 is 1.10 bits per heavy atom. The van der Waals surface area contributed by atoms with Crippen LogP contribution in [0.4, 0.5) is 11.4 Å². The molecule has 0 aliphatic heterocycles. The minimum absolute atomic E-state index is 0.205. The van der Waals surface area contributed by atoms with Crippen LogP contribution in [0.3, 0.4) is 0 Å². The van der Waals surface area contributed by atoms with E-state index in [9.17, 15) is 4.79 Å². The molecule has 0 fully saturated rings. The number of nitrogens with zero attached hydrogens (tertiary/aromatic N) is 4. The first-order valence-electron chi connectivity index (χ1n) is 13.7. The second-order valence-corrected chi connectivity index (χ2v) is 11.2. The Bertz CT molecular complexity index is 1610. The third-order valence-electron chi connectivity index (χ3n) is 7.29. The molecule has 0 atom stereocenters. The number of nitrogens with two attached hydrogens (primary N) is 1. The minimum atomic E-state index is -0.304. The number of ether oxygens (including phenoxy) is 1. The van der Waals surface area contributed by atoms with E-state index < -0.39 is 0 Å². The maximum absolute atomic E-state index is 13.6. The summed E-state index contributed by atoms with van der Waals surface area (Å²) in [7, 11) is 1.61. The molecule has 0 unspecified atom stereocenters. The van der Waals surface area contributed by atoms with Crippen molar-refractivity contribution in [3.63, 3.8) is 0 Å². The highest BCUT2D eigenvalue weighted by molar-refractivity contribution is 5.78. The summed E-state index contributed by atoms with van der Waals surface area (Å²) in [5, 5.41) is 5.64. The Labute approximate surface area is 231 Å². The average molecular weight is 528 g/mol. The number of hydrogen-bond acceptors (Lipinski definition) is 6. The first-order valence-corrected chi connectivity index (χ1v) is 13.7. The smallest absolute Gasteiger partial charge is 0.278 e. The van der Waals surface area contributed by atoms with Crippen molar-refractivity contribution in [1.82, 2.24) is 14.6 Å². The monoisotopic (exact) mass is 527 g/mol. The van der Waals surface area contributed by atoms with E-state index >= 15 is 0 Å². The fourth-order valence-corrected chi connectivity index (χ4v) is 4.93. The molecule has 206 valence electrons. The quantitative estimate of drug-likeness (QED) is 0.307. The Morgan fingerprint density at radius 3 is 2.46 bits per heavy atom. The number of aryl methyl sites for hydroxylation is 1. The van der Waals surface area contributed by atoms with Crippen LogP contribution in [0.1, 0.15) is 69.8 Å². The second kappa shape index (κ2) is 11.1. The summed E-state index contributed by atoms with van der Waals surface area (Å²) in [4.78, 5) is 21.0. The van der Waals surface area contributed by atoms with E-state index in [1.807, 2.05) is 6.07 Å². The van der Waals surface area contributed by atoms with Gasteiger partial charge in [-0.2, -0.15) is 9.61 Å². The molecule has 2 aromatic carbocycles. The molecular formula is C32H41N5O2. The van der Waals surface area contributed by atoms with Crippen LogP contribution in [-0.4, -0.2) is 34.8 Å². The predicted octanol–water partition coefficient (Wildman–Crippen LogP) is 5.44. The van der Waals surface area contributed by atoms with Crippen molar-refractivity contribution < 1.29 is 4.74 Å². The Hall–Kier alpha value is -3.87. The van der Waals surface area contributed by atoms with Gasteiger partial charge in [0.25, 0.3) is 5.56 Å². The number of fused-ring (bicyclic) bond motifs is 1. The van der Waals surface area contributed by atoms with Crippen molar-refractivity contribution in [1.29, 1.82) is 0 Å². The standard InChI is InChI=1S/C32H41N5O2/c1-9-11-16-36(10-2)23-13-12-22(20(3)17-23)18-26-29(32(5,6)7)35-37-30(26)34-28(21(4)31(37)38)25-19-24(39-8)14-15-27(25)33/h12-15,17-19H,9-11,16,33H2,1-8H3/b26-18-. The topological polar surface area (TPSA) is 85.8 Å². The molecule has 4 aromatic rings. The molecule has 0 radical (unpaired) electrons. The van der Waals surface area contributed by atoms with E-state index in [4.69, 9.17) is 20.6 Å². The van der Waals surface area contributed by atoms with Gasteiger partial charge in [0.2, 0.25) is 0 Å². The summed E-state index contributed by atoms with van der Waals surface area (Å²) in [5.74, 6) is 0.652. The van der Waals surface area contributed by atoms with Crippen molar-refractivity contribution >= 4 is 23.1 Å². The highest BCUT2D eigenvalue weighted by atomic mass is 16.5. The van der Waals surface area contributed by atoms with Gasteiger partial charge in [-0.25, -0.2) is 4.98 Å². The van der Waals surface area contributed by atoms with Gasteiger partial charge in [-0.15, -0.1) is 0 Å². The fraction of sp³-hybridized carbons (Fsp3) is 0.406. The number of methoxy groups -OCH3 is 1. The number of unbranched alkanes of at least 4 members (excludes halogenated alkanes) is 1. The van der Waals surface area contributed by atoms with Gasteiger partial charge in [0.1, 0.15) is 5.75 Å². The lowest BCUT2D eigenvalue weighted by Crippen LogP contribution is -2.24. The van der Waals surface area contributed by atoms with Crippen molar-refractivity contribution in [2.24, 2.45) is 0 Å². The molecule has 2 N–H and O–H groups in total. The number of aromatic nitrogens is 3. The van der Waals surface area contributed by atoms with Crippen LogP contribution in [0, 0.1) is 13.8 Å². The summed E-state index contributed by atoms with van der Waals surface area (Å²) in [6.45, 7) is 16.6. The van der Waals surface area contributed by atoms with Gasteiger partial charge in [-0.1, -0.05) is 40.2 Å². The molecule has 7 heteroatoms. The summed E-state index contributed by atoms with van der Waals surface area (Å²) >= 11 is 0. The Kier molecular flexibility index (Phi) is 8.00. The predicted molar refractivity (Wildman–Crippen MR) is 162 cm³/mol. The normalized spacial score (nSPS) is 12.4. The van der Waals surface area contributed by atoms with Gasteiger partial charge in [0.15, 0.2) is 5.65 Å². The number of nitrogen functional groups attached to an aromatic ring is 1. The molecule has 0 bridgehead atoms. The zero-order valence-corrected chi connectivity index (χ0v) is 24.6. The molecule has 7 nitrogen and oxygen atoms in total. The van der Waals surface area contributed by atoms with Gasteiger partial charge >= 0.3 is 0 Å². The number of benzene rings is 2. The second-order valence-electron chi connectivity index (χ2n) is 11.2. The SMILES string of the molecule is CCCCN(CC)c1ccc(/C=c2/c(C(C)(C)C)nn3c(=O)c(C)c(-c4cc(OC)ccc4N)nc23)c(C)c1. The van der Waals surface area contributed by atoms with Gasteiger partial charge in [-0.05, 0) is 74.7 Å². The zero-order chi connectivity index (χ0) is 28.5. The third kappa shape index (κ3) is 5.49. The van der Waals surface area contributed by atoms with E-state index in [1.165, 1.54) is 23.0 Å². The summed E-state index contributed by atoms with van der Waals surface area (Å²) in [6.07, 6.45) is 4.45. The molecule has 2 aromatic heterocycles. The molecule has 39 heavy (non-hydrogen) atoms. The van der Waals surface area contributed by atoms with Crippen LogP contribution in [0.2, 0.25) is 0 Å². The lowest BCUT2D eigenvalue weighted by atomic mass is 9.90. The Balaban J connectivity index is 1.98. The maximum Gasteiger partial charge on any atom is 0.278 e. The number of hydrogen-bond donors (Lipinski definition) is 1. The molecule has 2 heterocycles. The van der Waals surface area contributed by atoms with Crippen molar-refractivity contribution in [2.45, 2.75) is 66.7 Å². The van der Waals surface area contributed by atoms with Crippen LogP contribution in [-0.2, 0) is 5.41 Å². The summed E-state index contributed by atoms with van der Waals surface area (Å²) in [6, 6.07) is 12.0. The Morgan fingerprint density at radius 2 is 1.85 bits per heavy atom. The maximum atomic E-state index is 13.6. The highest BCUT2D eigenvalue weighted by Crippen LogP contribution is 2.30. The van der Waals surface area contributed by atoms with Gasteiger partial charge in [0.05, 0.1) is 18.5 Å². The van der Waals surface area contributed by atoms with Gasteiger partial charge in [-0.3, -0.25) is 4.79 Å². The largest absolute Gasteiger partial charge is 0.497 e. The molecule has 0 aliphatic rings. The van der Waals surface area contributed by atoms with Crippen LogP contribution in [0.25, 0.3) is 23.0 Å². The number of rotatable bonds is 8. The lowest BCUT2D eigenvalue weighted by Gasteiger charge is -2.23. The molecule has 4 rings (SSSR count). The van der Waals surface area contributed by atoms with Gasteiger partial charge < -0.3 is 15.4 Å². The van der Waals surface area contributed by atoms with Crippen LogP contribution in [0.5, 0.6) is 5.75 Å². The van der Waals surface area contributed by atoms with Crippen LogP contribution in [0.15, 0.2) is 41.2 Å². The summed E-state index contributed by atoms with van der Waals surface area (Å²) < 4.78 is 6.86. The summed E-state index contributed by atoms with van der Waals surface area (Å²) in [5.41, 5.74) is 12.9. The van der Waals surface area contributed by atoms with E-state index in [2.05, 4.69) is 70.7 Å². The van der Waals surface area contributed by atoms with E-state index in [1.54, 1.807) is 26.2 Å². The van der Waals surface area contributed by atoms with Crippen molar-refractivity contribution in [3.8, 4) is 17.0 Å². The van der Waals surface area contributed by atoms with Gasteiger partial charge in [0, 0.05) is 46.2 Å². The first kappa shape index (κ1) is 28.1. The van der Waals surface area contributed by atoms with E-state index in [0.717, 1.165) is 35.1 Å². The highest BCUT2D eigenvalue weighted by Gasteiger charge is 2.24. The molecule has 0 amide bonds. The lowest BCUT2D eigenvalue weighted by molar-refractivity contribution is 0.415. The van der Waals surface area contributed by atoms with Crippen molar-refractivity contribution in [3.05, 3.63) is 74.4 Å².